The highest BCUT2D eigenvalue weighted by molar-refractivity contribution is 5.95. The number of aliphatic carboxylic acids is 1. The van der Waals surface area contributed by atoms with E-state index in [0.717, 1.165) is 41.5 Å². The number of hydrogen-bond donors (Lipinski definition) is 1. The summed E-state index contributed by atoms with van der Waals surface area (Å²) in [7, 11) is 0. The molecule has 0 saturated heterocycles. The van der Waals surface area contributed by atoms with Crippen LogP contribution in [0.5, 0.6) is 5.88 Å². The third-order valence-electron chi connectivity index (χ3n) is 7.15. The molecule has 6 heterocycles. The predicted octanol–water partition coefficient (Wildman–Crippen LogP) is 5.27. The molecule has 6 nitrogen and oxygen atoms in total. The number of hydrogen-bond acceptors (Lipinski definition) is 4. The number of carbonyl (C=O) groups excluding carboxylic acids is 1. The molecule has 1 aromatic heterocycles. The molecule has 8 heteroatoms. The second-order valence-corrected chi connectivity index (χ2v) is 9.68. The number of nitrogens with zero attached hydrogens (tertiary/aromatic N) is 2. The summed E-state index contributed by atoms with van der Waals surface area (Å²) in [5, 5.41) is 9.59. The molecule has 3 aromatic rings. The van der Waals surface area contributed by atoms with Crippen molar-refractivity contribution in [2.24, 2.45) is 0 Å². The number of aromatic nitrogens is 1. The van der Waals surface area contributed by atoms with Crippen molar-refractivity contribution in [1.29, 1.82) is 0 Å². The second-order valence-electron chi connectivity index (χ2n) is 9.68. The van der Waals surface area contributed by atoms with Gasteiger partial charge in [0.15, 0.2) is 0 Å². The number of aryl methyl sites for hydroxylation is 1. The van der Waals surface area contributed by atoms with Gasteiger partial charge in [-0.15, -0.1) is 0 Å². The van der Waals surface area contributed by atoms with E-state index in [1.54, 1.807) is 12.3 Å². The van der Waals surface area contributed by atoms with Crippen LogP contribution in [0.25, 0.3) is 0 Å². The molecule has 0 spiro atoms. The third kappa shape index (κ3) is 5.48. The Hall–Kier alpha value is -3.81. The molecule has 1 atom stereocenters. The van der Waals surface area contributed by atoms with Crippen LogP contribution < -0.4 is 4.74 Å². The van der Waals surface area contributed by atoms with Gasteiger partial charge in [0, 0.05) is 31.3 Å². The molecule has 5 aliphatic heterocycles. The van der Waals surface area contributed by atoms with Crippen LogP contribution in [0.4, 0.5) is 8.78 Å². The van der Waals surface area contributed by atoms with Crippen molar-refractivity contribution < 1.29 is 28.2 Å². The largest absolute Gasteiger partial charge is 0.481 e. The van der Waals surface area contributed by atoms with E-state index in [2.05, 4.69) is 4.98 Å². The number of carboxylic acid groups (broad SMARTS) is 1. The number of amides is 1. The summed E-state index contributed by atoms with van der Waals surface area (Å²) < 4.78 is 35.6. The van der Waals surface area contributed by atoms with Gasteiger partial charge in [-0.05, 0) is 72.1 Å². The van der Waals surface area contributed by atoms with E-state index in [1.165, 1.54) is 17.0 Å². The van der Waals surface area contributed by atoms with Gasteiger partial charge in [-0.1, -0.05) is 24.3 Å². The van der Waals surface area contributed by atoms with E-state index in [4.69, 9.17) is 4.74 Å². The molecule has 1 unspecified atom stereocenters. The number of benzene rings is 2. The zero-order chi connectivity index (χ0) is 25.9. The molecule has 37 heavy (non-hydrogen) atoms. The van der Waals surface area contributed by atoms with Gasteiger partial charge >= 0.3 is 5.97 Å². The average molecular weight is 507 g/mol. The van der Waals surface area contributed by atoms with E-state index in [-0.39, 0.29) is 13.0 Å². The lowest BCUT2D eigenvalue weighted by atomic mass is 9.86. The van der Waals surface area contributed by atoms with E-state index in [1.807, 2.05) is 24.3 Å². The zero-order valence-electron chi connectivity index (χ0n) is 20.4. The summed E-state index contributed by atoms with van der Waals surface area (Å²) in [5.41, 5.74) is 3.38. The van der Waals surface area contributed by atoms with Gasteiger partial charge in [-0.2, -0.15) is 0 Å². The Labute approximate surface area is 213 Å². The smallest absolute Gasteiger partial charge is 0.304 e. The molecule has 1 N–H and O–H groups in total. The van der Waals surface area contributed by atoms with Crippen LogP contribution in [0.1, 0.15) is 69.8 Å². The lowest BCUT2D eigenvalue weighted by Gasteiger charge is -2.30. The third-order valence-corrected chi connectivity index (χ3v) is 7.15. The van der Waals surface area contributed by atoms with Crippen molar-refractivity contribution in [2.45, 2.75) is 51.0 Å². The zero-order valence-corrected chi connectivity index (χ0v) is 20.4. The van der Waals surface area contributed by atoms with Crippen molar-refractivity contribution in [3.63, 3.8) is 0 Å². The van der Waals surface area contributed by atoms with Crippen LogP contribution in [0.2, 0.25) is 0 Å². The fraction of sp³-hybridized carbons (Fsp3) is 0.345. The number of carboxylic acids is 1. The summed E-state index contributed by atoms with van der Waals surface area (Å²) in [4.78, 5) is 30.7. The molecule has 0 aliphatic carbocycles. The van der Waals surface area contributed by atoms with Crippen molar-refractivity contribution in [3.05, 3.63) is 93.7 Å². The Bertz CT molecular complexity index is 1300. The highest BCUT2D eigenvalue weighted by atomic mass is 19.1. The fourth-order valence-electron chi connectivity index (χ4n) is 5.17. The minimum absolute atomic E-state index is 0.133. The molecule has 8 rings (SSSR count). The molecule has 0 radical (unpaired) electrons. The maximum atomic E-state index is 14.9. The topological polar surface area (TPSA) is 79.7 Å². The quantitative estimate of drug-likeness (QED) is 0.512. The van der Waals surface area contributed by atoms with Crippen molar-refractivity contribution >= 4 is 11.9 Å². The van der Waals surface area contributed by atoms with Gasteiger partial charge in [0.2, 0.25) is 5.88 Å². The van der Waals surface area contributed by atoms with Crippen LogP contribution in [-0.2, 0) is 24.2 Å². The normalized spacial score (nSPS) is 17.9. The van der Waals surface area contributed by atoms with Crippen LogP contribution in [0.3, 0.4) is 0 Å². The van der Waals surface area contributed by atoms with Crippen LogP contribution >= 0.6 is 0 Å². The predicted molar refractivity (Wildman–Crippen MR) is 133 cm³/mol. The average Bonchev–Trinajstić information content (AvgIpc) is 2.88. The van der Waals surface area contributed by atoms with Gasteiger partial charge in [0.05, 0.1) is 13.0 Å². The minimum Gasteiger partial charge on any atom is -0.481 e. The summed E-state index contributed by atoms with van der Waals surface area (Å²) in [5.74, 6) is -3.30. The summed E-state index contributed by atoms with van der Waals surface area (Å²) >= 11 is 0. The van der Waals surface area contributed by atoms with Crippen LogP contribution in [0.15, 0.2) is 48.7 Å². The summed E-state index contributed by atoms with van der Waals surface area (Å²) in [6.45, 7) is 0.977. The molecule has 0 saturated carbocycles. The first-order valence-corrected chi connectivity index (χ1v) is 12.6. The van der Waals surface area contributed by atoms with Gasteiger partial charge in [-0.25, -0.2) is 13.8 Å². The standard InChI is InChI=1S/C29H28F2N2O4/c30-24-12-18-4-2-1-3-11-37-26-8-7-21(16-32-26)23(15-27(34)35)20-6-5-19-9-10-33(17-22(19)14-20)29(36)28(24)25(31)13-18/h5-8,12-14,16,23H,1-4,9-11,15,17H2,(H,34,35). The number of pyridine rings is 1. The molecular formula is C29H28F2N2O4. The maximum absolute atomic E-state index is 14.9. The van der Waals surface area contributed by atoms with E-state index in [0.29, 0.717) is 37.4 Å². The minimum atomic E-state index is -0.945. The lowest BCUT2D eigenvalue weighted by Crippen LogP contribution is -2.37. The Kier molecular flexibility index (Phi) is 7.17. The van der Waals surface area contributed by atoms with Crippen LogP contribution in [-0.4, -0.2) is 40.0 Å². The Balaban J connectivity index is 1.53. The molecular weight excluding hydrogens is 478 g/mol. The van der Waals surface area contributed by atoms with Crippen molar-refractivity contribution in [2.75, 3.05) is 13.2 Å². The Morgan fingerprint density at radius 2 is 1.78 bits per heavy atom. The van der Waals surface area contributed by atoms with Gasteiger partial charge in [0.1, 0.15) is 17.2 Å². The SMILES string of the molecule is O=C(O)CC1c2ccc(nc2)OCCCCCc2cc(F)c(c(F)c2)C(=O)N2CCc3ccc1cc3C2. The molecule has 2 aromatic carbocycles. The molecule has 5 aliphatic rings. The van der Waals surface area contributed by atoms with Crippen LogP contribution in [0, 0.1) is 11.6 Å². The number of carbonyl (C=O) groups is 2. The van der Waals surface area contributed by atoms with Gasteiger partial charge in [0.25, 0.3) is 5.91 Å². The van der Waals surface area contributed by atoms with Gasteiger partial charge < -0.3 is 14.7 Å². The molecule has 192 valence electrons. The first-order chi connectivity index (χ1) is 17.9. The van der Waals surface area contributed by atoms with Gasteiger partial charge in [-0.3, -0.25) is 9.59 Å². The lowest BCUT2D eigenvalue weighted by molar-refractivity contribution is -0.137. The molecule has 7 bridgehead atoms. The highest BCUT2D eigenvalue weighted by Gasteiger charge is 2.28. The molecule has 0 fully saturated rings. The summed E-state index contributed by atoms with van der Waals surface area (Å²) in [6, 6.07) is 11.8. The first-order valence-electron chi connectivity index (χ1n) is 12.6. The van der Waals surface area contributed by atoms with E-state index < -0.39 is 35.0 Å². The monoisotopic (exact) mass is 506 g/mol. The number of halogens is 2. The van der Waals surface area contributed by atoms with E-state index >= 15 is 0 Å². The summed E-state index contributed by atoms with van der Waals surface area (Å²) in [6.07, 6.45) is 4.83. The highest BCUT2D eigenvalue weighted by Crippen LogP contribution is 2.32. The number of rotatable bonds is 2. The first kappa shape index (κ1) is 24.9. The molecule has 1 amide bonds. The second kappa shape index (κ2) is 10.7. The Morgan fingerprint density at radius 1 is 1.00 bits per heavy atom. The fourth-order valence-corrected chi connectivity index (χ4v) is 5.17. The van der Waals surface area contributed by atoms with Crippen molar-refractivity contribution in [3.8, 4) is 5.88 Å². The van der Waals surface area contributed by atoms with Crippen molar-refractivity contribution in [1.82, 2.24) is 9.88 Å². The number of ether oxygens (including phenoxy) is 1. The van der Waals surface area contributed by atoms with E-state index in [9.17, 15) is 23.5 Å². The Morgan fingerprint density at radius 3 is 2.51 bits per heavy atom. The maximum Gasteiger partial charge on any atom is 0.304 e.